The van der Waals surface area contributed by atoms with Crippen molar-refractivity contribution < 1.29 is 13.7 Å². The highest BCUT2D eigenvalue weighted by molar-refractivity contribution is 7.14. The minimum atomic E-state index is -0.301. The molecule has 0 saturated heterocycles. The second kappa shape index (κ2) is 7.97. The minimum Gasteiger partial charge on any atom is -0.361 e. The van der Waals surface area contributed by atoms with Gasteiger partial charge in [0.05, 0.1) is 23.5 Å². The highest BCUT2D eigenvalue weighted by Gasteiger charge is 2.24. The van der Waals surface area contributed by atoms with Crippen LogP contribution < -0.4 is 4.90 Å². The van der Waals surface area contributed by atoms with Crippen molar-refractivity contribution in [2.75, 3.05) is 4.90 Å². The molecule has 0 aliphatic heterocycles. The van der Waals surface area contributed by atoms with Gasteiger partial charge in [0.1, 0.15) is 11.6 Å². The number of hydrogen-bond donors (Lipinski definition) is 0. The predicted octanol–water partition coefficient (Wildman–Crippen LogP) is 5.46. The number of carbonyl (C=O) groups is 1. The third-order valence-corrected chi connectivity index (χ3v) is 5.42. The second-order valence-electron chi connectivity index (χ2n) is 6.57. The molecule has 1 amide bonds. The molecule has 7 heteroatoms. The monoisotopic (exact) mass is 407 g/mol. The summed E-state index contributed by atoms with van der Waals surface area (Å²) in [6, 6.07) is 15.5. The van der Waals surface area contributed by atoms with Crippen LogP contribution >= 0.6 is 11.3 Å². The van der Waals surface area contributed by atoms with Crippen LogP contribution in [-0.2, 0) is 11.2 Å². The van der Waals surface area contributed by atoms with E-state index in [9.17, 15) is 9.18 Å². The average molecular weight is 407 g/mol. The van der Waals surface area contributed by atoms with Crippen LogP contribution in [0.3, 0.4) is 0 Å². The van der Waals surface area contributed by atoms with E-state index in [2.05, 4.69) is 10.1 Å². The number of benzene rings is 2. The van der Waals surface area contributed by atoms with Gasteiger partial charge in [-0.1, -0.05) is 23.4 Å². The molecule has 0 radical (unpaired) electrons. The molecule has 4 aromatic rings. The third kappa shape index (κ3) is 3.95. The Hall–Kier alpha value is -3.32. The molecule has 2 aromatic carbocycles. The normalized spacial score (nSPS) is 10.9. The number of nitrogens with zero attached hydrogens (tertiary/aromatic N) is 3. The number of aromatic nitrogens is 2. The average Bonchev–Trinajstić information content (AvgIpc) is 3.32. The van der Waals surface area contributed by atoms with Crippen molar-refractivity contribution in [2.45, 2.75) is 20.3 Å². The van der Waals surface area contributed by atoms with Crippen LogP contribution in [0.4, 0.5) is 15.2 Å². The Labute approximate surface area is 171 Å². The van der Waals surface area contributed by atoms with E-state index in [1.807, 2.05) is 42.6 Å². The lowest BCUT2D eigenvalue weighted by molar-refractivity contribution is -0.117. The molecule has 0 fully saturated rings. The quantitative estimate of drug-likeness (QED) is 0.441. The van der Waals surface area contributed by atoms with Crippen molar-refractivity contribution in [3.8, 4) is 11.3 Å². The maximum absolute atomic E-state index is 13.3. The smallest absolute Gasteiger partial charge is 0.237 e. The molecule has 29 heavy (non-hydrogen) atoms. The predicted molar refractivity (Wildman–Crippen MR) is 111 cm³/mol. The summed E-state index contributed by atoms with van der Waals surface area (Å²) < 4.78 is 18.4. The minimum absolute atomic E-state index is 0.134. The van der Waals surface area contributed by atoms with Crippen molar-refractivity contribution >= 4 is 28.1 Å². The topological polar surface area (TPSA) is 59.2 Å². The van der Waals surface area contributed by atoms with Gasteiger partial charge in [0.2, 0.25) is 5.91 Å². The second-order valence-corrected chi connectivity index (χ2v) is 7.40. The van der Waals surface area contributed by atoms with E-state index in [0.29, 0.717) is 22.3 Å². The highest BCUT2D eigenvalue weighted by atomic mass is 32.1. The number of aryl methyl sites for hydroxylation is 2. The molecule has 0 unspecified atom stereocenters. The molecule has 0 bridgehead atoms. The van der Waals surface area contributed by atoms with Crippen LogP contribution in [0.15, 0.2) is 64.5 Å². The zero-order valence-electron chi connectivity index (χ0n) is 15.9. The SMILES string of the molecule is Cc1noc(C)c1CC(=O)N(c1ccccc1)c1nc(-c2ccc(F)cc2)cs1. The molecular formula is C22H18FN3O2S. The summed E-state index contributed by atoms with van der Waals surface area (Å²) in [5.74, 6) is 0.199. The molecule has 5 nitrogen and oxygen atoms in total. The molecule has 146 valence electrons. The van der Waals surface area contributed by atoms with Crippen LogP contribution in [0.2, 0.25) is 0 Å². The van der Waals surface area contributed by atoms with Crippen molar-refractivity contribution in [3.63, 3.8) is 0 Å². The number of carbonyl (C=O) groups excluding carboxylic acids is 1. The van der Waals surface area contributed by atoms with E-state index in [0.717, 1.165) is 16.8 Å². The fraction of sp³-hybridized carbons (Fsp3) is 0.136. The molecule has 0 aliphatic carbocycles. The first-order chi connectivity index (χ1) is 14.0. The van der Waals surface area contributed by atoms with Gasteiger partial charge in [0, 0.05) is 16.5 Å². The van der Waals surface area contributed by atoms with E-state index in [-0.39, 0.29) is 18.1 Å². The van der Waals surface area contributed by atoms with E-state index >= 15 is 0 Å². The van der Waals surface area contributed by atoms with Gasteiger partial charge >= 0.3 is 0 Å². The van der Waals surface area contributed by atoms with Gasteiger partial charge in [-0.05, 0) is 50.2 Å². The summed E-state index contributed by atoms with van der Waals surface area (Å²) >= 11 is 1.36. The standard InChI is InChI=1S/C22H18FN3O2S/c1-14-19(15(2)28-25-14)12-21(27)26(18-6-4-3-5-7-18)22-24-20(13-29-22)16-8-10-17(23)11-9-16/h3-11,13H,12H2,1-2H3. The lowest BCUT2D eigenvalue weighted by Crippen LogP contribution is -2.27. The molecule has 2 heterocycles. The van der Waals surface area contributed by atoms with Crippen molar-refractivity contribution in [1.82, 2.24) is 10.1 Å². The number of thiazole rings is 1. The first-order valence-electron chi connectivity index (χ1n) is 9.04. The number of halogens is 1. The number of anilines is 2. The van der Waals surface area contributed by atoms with Gasteiger partial charge in [0.15, 0.2) is 5.13 Å². The van der Waals surface area contributed by atoms with Gasteiger partial charge < -0.3 is 4.52 Å². The van der Waals surface area contributed by atoms with Gasteiger partial charge in [-0.25, -0.2) is 9.37 Å². The Bertz CT molecular complexity index is 1120. The Kier molecular flexibility index (Phi) is 5.22. The van der Waals surface area contributed by atoms with Crippen molar-refractivity contribution in [1.29, 1.82) is 0 Å². The molecule has 0 saturated carbocycles. The Morgan fingerprint density at radius 2 is 1.83 bits per heavy atom. The van der Waals surface area contributed by atoms with E-state index in [4.69, 9.17) is 4.52 Å². The van der Waals surface area contributed by atoms with Crippen LogP contribution in [-0.4, -0.2) is 16.0 Å². The molecular weight excluding hydrogens is 389 g/mol. The van der Waals surface area contributed by atoms with Gasteiger partial charge in [-0.2, -0.15) is 0 Å². The van der Waals surface area contributed by atoms with Crippen LogP contribution in [0.25, 0.3) is 11.3 Å². The number of amides is 1. The van der Waals surface area contributed by atoms with Crippen molar-refractivity contribution in [3.05, 3.63) is 82.8 Å². The largest absolute Gasteiger partial charge is 0.361 e. The summed E-state index contributed by atoms with van der Waals surface area (Å²) in [6.45, 7) is 3.62. The van der Waals surface area contributed by atoms with Crippen LogP contribution in [0.5, 0.6) is 0 Å². The van der Waals surface area contributed by atoms with Gasteiger partial charge in [0.25, 0.3) is 0 Å². The number of para-hydroxylation sites is 1. The lowest BCUT2D eigenvalue weighted by atomic mass is 10.1. The van der Waals surface area contributed by atoms with E-state index in [1.165, 1.54) is 23.5 Å². The zero-order chi connectivity index (χ0) is 20.4. The molecule has 4 rings (SSSR count). The summed E-state index contributed by atoms with van der Waals surface area (Å²) in [4.78, 5) is 19.5. The fourth-order valence-electron chi connectivity index (χ4n) is 3.04. The first-order valence-corrected chi connectivity index (χ1v) is 9.92. The van der Waals surface area contributed by atoms with Crippen molar-refractivity contribution in [2.24, 2.45) is 0 Å². The fourth-order valence-corrected chi connectivity index (χ4v) is 3.91. The summed E-state index contributed by atoms with van der Waals surface area (Å²) in [5.41, 5.74) is 3.70. The Morgan fingerprint density at radius 3 is 2.48 bits per heavy atom. The highest BCUT2D eigenvalue weighted by Crippen LogP contribution is 2.33. The number of rotatable bonds is 5. The zero-order valence-corrected chi connectivity index (χ0v) is 16.7. The number of hydrogen-bond acceptors (Lipinski definition) is 5. The van der Waals surface area contributed by atoms with Gasteiger partial charge in [-0.3, -0.25) is 9.69 Å². The lowest BCUT2D eigenvalue weighted by Gasteiger charge is -2.20. The third-order valence-electron chi connectivity index (χ3n) is 4.60. The molecule has 0 aliphatic rings. The maximum atomic E-state index is 13.3. The van der Waals surface area contributed by atoms with Crippen LogP contribution in [0, 0.1) is 19.7 Å². The first kappa shape index (κ1) is 19.0. The Balaban J connectivity index is 1.70. The molecule has 0 spiro atoms. The Morgan fingerprint density at radius 1 is 1.10 bits per heavy atom. The summed E-state index contributed by atoms with van der Waals surface area (Å²) in [5, 5.41) is 6.35. The maximum Gasteiger partial charge on any atom is 0.237 e. The summed E-state index contributed by atoms with van der Waals surface area (Å²) in [6.07, 6.45) is 0.154. The molecule has 0 N–H and O–H groups in total. The van der Waals surface area contributed by atoms with Crippen LogP contribution in [0.1, 0.15) is 17.0 Å². The molecule has 2 aromatic heterocycles. The van der Waals surface area contributed by atoms with E-state index < -0.39 is 0 Å². The molecule has 0 atom stereocenters. The van der Waals surface area contributed by atoms with E-state index in [1.54, 1.807) is 24.0 Å². The summed E-state index contributed by atoms with van der Waals surface area (Å²) in [7, 11) is 0. The van der Waals surface area contributed by atoms with Gasteiger partial charge in [-0.15, -0.1) is 11.3 Å².